The Labute approximate surface area is 79.5 Å². The summed E-state index contributed by atoms with van der Waals surface area (Å²) in [5.41, 5.74) is -0.402. The minimum atomic E-state index is -3.11. The third-order valence-corrected chi connectivity index (χ3v) is 3.73. The Morgan fingerprint density at radius 2 is 1.85 bits per heavy atom. The number of hydrazine groups is 1. The minimum absolute atomic E-state index is 0.402. The van der Waals surface area contributed by atoms with Gasteiger partial charge in [0, 0.05) is 25.2 Å². The molecule has 0 amide bonds. The van der Waals surface area contributed by atoms with Crippen LogP contribution in [0.15, 0.2) is 0 Å². The van der Waals surface area contributed by atoms with Gasteiger partial charge in [-0.2, -0.15) is 4.31 Å². The van der Waals surface area contributed by atoms with E-state index in [9.17, 15) is 8.42 Å². The third-order valence-electron chi connectivity index (χ3n) is 2.26. The van der Waals surface area contributed by atoms with Crippen LogP contribution in [0.25, 0.3) is 0 Å². The van der Waals surface area contributed by atoms with Gasteiger partial charge in [0.2, 0.25) is 10.0 Å². The van der Waals surface area contributed by atoms with Crippen molar-refractivity contribution in [2.45, 2.75) is 19.4 Å². The number of sulfonamides is 1. The molecule has 0 aromatic rings. The molecule has 1 aliphatic rings. The maximum absolute atomic E-state index is 11.4. The third kappa shape index (κ3) is 2.40. The van der Waals surface area contributed by atoms with Crippen molar-refractivity contribution < 1.29 is 8.42 Å². The molecule has 0 saturated carbocycles. The van der Waals surface area contributed by atoms with Gasteiger partial charge in [-0.05, 0) is 13.8 Å². The van der Waals surface area contributed by atoms with E-state index in [1.807, 2.05) is 13.8 Å². The van der Waals surface area contributed by atoms with Crippen molar-refractivity contribution in [3.63, 3.8) is 0 Å². The first kappa shape index (κ1) is 10.9. The minimum Gasteiger partial charge on any atom is -0.269 e. The van der Waals surface area contributed by atoms with Crippen LogP contribution in [0.1, 0.15) is 13.8 Å². The molecule has 1 rings (SSSR count). The van der Waals surface area contributed by atoms with Crippen LogP contribution in [0.4, 0.5) is 0 Å². The van der Waals surface area contributed by atoms with Crippen molar-refractivity contribution in [1.29, 1.82) is 0 Å². The van der Waals surface area contributed by atoms with Gasteiger partial charge in [0.1, 0.15) is 0 Å². The van der Waals surface area contributed by atoms with Gasteiger partial charge in [-0.3, -0.25) is 5.84 Å². The van der Waals surface area contributed by atoms with E-state index < -0.39 is 15.6 Å². The predicted octanol–water partition coefficient (Wildman–Crippen LogP) is -0.784. The highest BCUT2D eigenvalue weighted by molar-refractivity contribution is 7.88. The van der Waals surface area contributed by atoms with E-state index in [0.717, 1.165) is 0 Å². The molecule has 0 radical (unpaired) electrons. The van der Waals surface area contributed by atoms with Gasteiger partial charge >= 0.3 is 0 Å². The van der Waals surface area contributed by atoms with Crippen LogP contribution in [0, 0.1) is 0 Å². The zero-order valence-corrected chi connectivity index (χ0v) is 9.13. The van der Waals surface area contributed by atoms with E-state index in [-0.39, 0.29) is 0 Å². The maximum Gasteiger partial charge on any atom is 0.211 e. The molecular weight excluding hydrogens is 190 g/mol. The van der Waals surface area contributed by atoms with Gasteiger partial charge < -0.3 is 0 Å². The molecule has 5 nitrogen and oxygen atoms in total. The highest BCUT2D eigenvalue weighted by Crippen LogP contribution is 2.21. The molecule has 1 saturated heterocycles. The second-order valence-electron chi connectivity index (χ2n) is 4.12. The van der Waals surface area contributed by atoms with Crippen LogP contribution >= 0.6 is 0 Å². The van der Waals surface area contributed by atoms with E-state index in [0.29, 0.717) is 19.6 Å². The first-order valence-electron chi connectivity index (χ1n) is 4.21. The van der Waals surface area contributed by atoms with Crippen LogP contribution in [0.2, 0.25) is 0 Å². The molecule has 0 spiro atoms. The standard InChI is InChI=1S/C7H17N3O2S/c1-7(2)6-9(8)4-5-10(7)13(3,11)12/h4-6,8H2,1-3H3. The molecular formula is C7H17N3O2S. The highest BCUT2D eigenvalue weighted by atomic mass is 32.2. The largest absolute Gasteiger partial charge is 0.269 e. The smallest absolute Gasteiger partial charge is 0.211 e. The summed E-state index contributed by atoms with van der Waals surface area (Å²) < 4.78 is 24.3. The fraction of sp³-hybridized carbons (Fsp3) is 1.00. The molecule has 0 bridgehead atoms. The summed E-state index contributed by atoms with van der Waals surface area (Å²) >= 11 is 0. The Morgan fingerprint density at radius 1 is 1.31 bits per heavy atom. The molecule has 6 heteroatoms. The topological polar surface area (TPSA) is 66.6 Å². The van der Waals surface area contributed by atoms with Gasteiger partial charge in [0.05, 0.1) is 6.26 Å². The first-order chi connectivity index (χ1) is 5.73. The number of hydrogen-bond acceptors (Lipinski definition) is 4. The Hall–Kier alpha value is -0.170. The molecule has 0 aliphatic carbocycles. The first-order valence-corrected chi connectivity index (χ1v) is 6.06. The average Bonchev–Trinajstić information content (AvgIpc) is 1.79. The lowest BCUT2D eigenvalue weighted by molar-refractivity contribution is 0.0826. The SMILES string of the molecule is CC1(C)CN(N)CCN1S(C)(=O)=O. The van der Waals surface area contributed by atoms with Crippen LogP contribution in [0.5, 0.6) is 0 Å². The van der Waals surface area contributed by atoms with Crippen LogP contribution in [0.3, 0.4) is 0 Å². The maximum atomic E-state index is 11.4. The summed E-state index contributed by atoms with van der Waals surface area (Å²) in [6.07, 6.45) is 1.24. The van der Waals surface area contributed by atoms with E-state index in [2.05, 4.69) is 0 Å². The molecule has 2 N–H and O–H groups in total. The van der Waals surface area contributed by atoms with Crippen molar-refractivity contribution in [1.82, 2.24) is 9.31 Å². The van der Waals surface area contributed by atoms with Crippen molar-refractivity contribution in [2.75, 3.05) is 25.9 Å². The molecule has 0 unspecified atom stereocenters. The number of hydrogen-bond donors (Lipinski definition) is 1. The van der Waals surface area contributed by atoms with Crippen LogP contribution in [-0.4, -0.2) is 49.2 Å². The highest BCUT2D eigenvalue weighted by Gasteiger charge is 2.37. The van der Waals surface area contributed by atoms with Gasteiger partial charge in [-0.15, -0.1) is 0 Å². The quantitative estimate of drug-likeness (QED) is 0.573. The lowest BCUT2D eigenvalue weighted by Gasteiger charge is -2.43. The van der Waals surface area contributed by atoms with Gasteiger partial charge in [-0.25, -0.2) is 13.4 Å². The zero-order valence-electron chi connectivity index (χ0n) is 8.32. The van der Waals surface area contributed by atoms with E-state index in [1.54, 1.807) is 5.01 Å². The Kier molecular flexibility index (Phi) is 2.68. The number of rotatable bonds is 1. The number of nitrogens with two attached hydrogens (primary N) is 1. The summed E-state index contributed by atoms with van der Waals surface area (Å²) in [7, 11) is -3.11. The summed E-state index contributed by atoms with van der Waals surface area (Å²) in [5, 5.41) is 1.65. The average molecular weight is 207 g/mol. The predicted molar refractivity (Wildman–Crippen MR) is 51.4 cm³/mol. The second-order valence-corrected chi connectivity index (χ2v) is 6.02. The molecule has 1 fully saturated rings. The van der Waals surface area contributed by atoms with E-state index in [1.165, 1.54) is 10.6 Å². The van der Waals surface area contributed by atoms with Gasteiger partial charge in [0.15, 0.2) is 0 Å². The molecule has 0 atom stereocenters. The fourth-order valence-electron chi connectivity index (χ4n) is 1.79. The Morgan fingerprint density at radius 3 is 2.23 bits per heavy atom. The monoisotopic (exact) mass is 207 g/mol. The molecule has 0 aromatic heterocycles. The molecule has 1 heterocycles. The van der Waals surface area contributed by atoms with E-state index >= 15 is 0 Å². The molecule has 0 aromatic carbocycles. The summed E-state index contributed by atoms with van der Waals surface area (Å²) in [5.74, 6) is 5.63. The van der Waals surface area contributed by atoms with Crippen molar-refractivity contribution in [3.05, 3.63) is 0 Å². The van der Waals surface area contributed by atoms with Crippen LogP contribution < -0.4 is 5.84 Å². The number of piperazine rings is 1. The lowest BCUT2D eigenvalue weighted by atomic mass is 10.0. The second kappa shape index (κ2) is 3.20. The normalized spacial score (nSPS) is 26.2. The van der Waals surface area contributed by atoms with Crippen molar-refractivity contribution in [2.24, 2.45) is 5.84 Å². The number of nitrogens with zero attached hydrogens (tertiary/aromatic N) is 2. The van der Waals surface area contributed by atoms with Gasteiger partial charge in [0.25, 0.3) is 0 Å². The molecule has 13 heavy (non-hydrogen) atoms. The summed E-state index contributed by atoms with van der Waals surface area (Å²) in [6.45, 7) is 5.40. The summed E-state index contributed by atoms with van der Waals surface area (Å²) in [4.78, 5) is 0. The molecule has 78 valence electrons. The van der Waals surface area contributed by atoms with Crippen molar-refractivity contribution in [3.8, 4) is 0 Å². The molecule has 1 aliphatic heterocycles. The van der Waals surface area contributed by atoms with Gasteiger partial charge in [-0.1, -0.05) is 0 Å². The Balaban J connectivity index is 2.89. The lowest BCUT2D eigenvalue weighted by Crippen LogP contribution is -2.62. The van der Waals surface area contributed by atoms with Crippen molar-refractivity contribution >= 4 is 10.0 Å². The Bertz CT molecular complexity index is 286. The summed E-state index contributed by atoms with van der Waals surface area (Å²) in [6, 6.07) is 0. The van der Waals surface area contributed by atoms with Crippen LogP contribution in [-0.2, 0) is 10.0 Å². The fourth-order valence-corrected chi connectivity index (χ4v) is 3.16. The zero-order chi connectivity index (χ0) is 10.3. The van der Waals surface area contributed by atoms with E-state index in [4.69, 9.17) is 5.84 Å².